The number of nitrogens with zero attached hydrogens (tertiary/aromatic N) is 1. The average Bonchev–Trinajstić information content (AvgIpc) is 3.06. The molecule has 0 saturated carbocycles. The third-order valence-electron chi connectivity index (χ3n) is 4.94. The molecule has 0 aromatic heterocycles. The van der Waals surface area contributed by atoms with E-state index in [1.54, 1.807) is 7.11 Å². The molecule has 0 spiro atoms. The predicted molar refractivity (Wildman–Crippen MR) is 88.8 cm³/mol. The fraction of sp³-hybridized carbons (Fsp3) is 0.263. The second kappa shape index (κ2) is 4.92. The van der Waals surface area contributed by atoms with Crippen LogP contribution in [0.4, 0.5) is 0 Å². The molecule has 3 aliphatic rings. The zero-order valence-corrected chi connectivity index (χ0v) is 13.3. The van der Waals surface area contributed by atoms with Crippen molar-refractivity contribution in [2.24, 2.45) is 0 Å². The Morgan fingerprint density at radius 2 is 2.04 bits per heavy atom. The lowest BCUT2D eigenvalue weighted by Gasteiger charge is -2.39. The summed E-state index contributed by atoms with van der Waals surface area (Å²) in [6.45, 7) is 1.50. The van der Waals surface area contributed by atoms with Crippen LogP contribution in [0, 0.1) is 0 Å². The number of aliphatic hydroxyl groups is 1. The molecule has 2 aromatic rings. The first kappa shape index (κ1) is 13.7. The maximum absolute atomic E-state index is 10.6. The first-order chi connectivity index (χ1) is 11.7. The van der Waals surface area contributed by atoms with Crippen molar-refractivity contribution in [1.82, 2.24) is 4.90 Å². The molecule has 3 aliphatic heterocycles. The van der Waals surface area contributed by atoms with E-state index in [9.17, 15) is 5.11 Å². The Morgan fingerprint density at radius 1 is 1.21 bits per heavy atom. The summed E-state index contributed by atoms with van der Waals surface area (Å²) in [4.78, 5) is 2.19. The summed E-state index contributed by atoms with van der Waals surface area (Å²) in [6.07, 6.45) is 1.61. The number of rotatable bonds is 1. The quantitative estimate of drug-likeness (QED) is 0.874. The number of fused-ring (bicyclic) bond motifs is 5. The number of aliphatic hydroxyl groups excluding tert-OH is 1. The van der Waals surface area contributed by atoms with Crippen LogP contribution in [-0.2, 0) is 6.54 Å². The second-order valence-electron chi connectivity index (χ2n) is 6.25. The SMILES string of the molecule is COc1cccc2c1CN1CC(O)c3cc4c(cc3C1=C2)OCO4. The summed E-state index contributed by atoms with van der Waals surface area (Å²) in [7, 11) is 1.69. The third kappa shape index (κ3) is 1.85. The summed E-state index contributed by atoms with van der Waals surface area (Å²) >= 11 is 0. The highest BCUT2D eigenvalue weighted by Gasteiger charge is 2.33. The van der Waals surface area contributed by atoms with Gasteiger partial charge in [0.1, 0.15) is 5.75 Å². The molecule has 24 heavy (non-hydrogen) atoms. The van der Waals surface area contributed by atoms with Crippen LogP contribution >= 0.6 is 0 Å². The summed E-state index contributed by atoms with van der Waals surface area (Å²) in [5.41, 5.74) is 5.31. The molecule has 5 heteroatoms. The number of methoxy groups -OCH3 is 1. The average molecular weight is 323 g/mol. The lowest BCUT2D eigenvalue weighted by atomic mass is 9.89. The first-order valence-corrected chi connectivity index (χ1v) is 7.99. The number of hydrogen-bond acceptors (Lipinski definition) is 5. The van der Waals surface area contributed by atoms with Crippen molar-refractivity contribution < 1.29 is 19.3 Å². The van der Waals surface area contributed by atoms with E-state index in [0.29, 0.717) is 12.3 Å². The van der Waals surface area contributed by atoms with E-state index in [1.165, 1.54) is 0 Å². The standard InChI is InChI=1S/C19H17NO4/c1-22-17-4-2-3-11-5-15-12-6-18-19(24-10-23-18)7-13(12)16(21)9-20(15)8-14(11)17/h2-7,16,21H,8-10H2,1H3. The highest BCUT2D eigenvalue weighted by atomic mass is 16.7. The highest BCUT2D eigenvalue weighted by molar-refractivity contribution is 5.87. The fourth-order valence-electron chi connectivity index (χ4n) is 3.77. The van der Waals surface area contributed by atoms with E-state index in [0.717, 1.165) is 46.0 Å². The van der Waals surface area contributed by atoms with Crippen LogP contribution in [0.2, 0.25) is 0 Å². The first-order valence-electron chi connectivity index (χ1n) is 7.99. The van der Waals surface area contributed by atoms with Crippen molar-refractivity contribution >= 4 is 11.8 Å². The molecule has 5 rings (SSSR count). The van der Waals surface area contributed by atoms with Gasteiger partial charge in [-0.2, -0.15) is 0 Å². The molecule has 0 amide bonds. The van der Waals surface area contributed by atoms with Gasteiger partial charge in [0, 0.05) is 29.9 Å². The van der Waals surface area contributed by atoms with E-state index >= 15 is 0 Å². The predicted octanol–water partition coefficient (Wildman–Crippen LogP) is 2.78. The van der Waals surface area contributed by atoms with Gasteiger partial charge in [-0.15, -0.1) is 0 Å². The maximum Gasteiger partial charge on any atom is 0.231 e. The molecule has 122 valence electrons. The molecular formula is C19H17NO4. The van der Waals surface area contributed by atoms with Gasteiger partial charge >= 0.3 is 0 Å². The van der Waals surface area contributed by atoms with Crippen LogP contribution in [0.15, 0.2) is 30.3 Å². The minimum atomic E-state index is -0.553. The molecular weight excluding hydrogens is 306 g/mol. The van der Waals surface area contributed by atoms with Crippen molar-refractivity contribution in [3.8, 4) is 17.2 Å². The van der Waals surface area contributed by atoms with E-state index in [2.05, 4.69) is 17.0 Å². The Morgan fingerprint density at radius 3 is 2.88 bits per heavy atom. The van der Waals surface area contributed by atoms with Gasteiger partial charge in [0.2, 0.25) is 6.79 Å². The van der Waals surface area contributed by atoms with Crippen LogP contribution in [0.5, 0.6) is 17.2 Å². The van der Waals surface area contributed by atoms with Gasteiger partial charge in [0.05, 0.1) is 13.2 Å². The smallest absolute Gasteiger partial charge is 0.231 e. The van der Waals surface area contributed by atoms with Crippen LogP contribution in [0.3, 0.4) is 0 Å². The molecule has 0 fully saturated rings. The molecule has 3 heterocycles. The van der Waals surface area contributed by atoms with Gasteiger partial charge in [0.25, 0.3) is 0 Å². The normalized spacial score (nSPS) is 20.0. The van der Waals surface area contributed by atoms with Crippen molar-refractivity contribution in [2.45, 2.75) is 12.6 Å². The van der Waals surface area contributed by atoms with Gasteiger partial charge in [-0.3, -0.25) is 0 Å². The molecule has 1 N–H and O–H groups in total. The van der Waals surface area contributed by atoms with Crippen molar-refractivity contribution in [3.63, 3.8) is 0 Å². The zero-order chi connectivity index (χ0) is 16.3. The molecule has 0 bridgehead atoms. The van der Waals surface area contributed by atoms with Gasteiger partial charge in [0.15, 0.2) is 11.5 Å². The number of benzene rings is 2. The molecule has 0 aliphatic carbocycles. The second-order valence-corrected chi connectivity index (χ2v) is 6.25. The Bertz CT molecular complexity index is 874. The van der Waals surface area contributed by atoms with Gasteiger partial charge in [-0.1, -0.05) is 12.1 Å². The van der Waals surface area contributed by atoms with Crippen LogP contribution in [-0.4, -0.2) is 30.5 Å². The molecule has 1 atom stereocenters. The Hall–Kier alpha value is -2.66. The minimum absolute atomic E-state index is 0.233. The van der Waals surface area contributed by atoms with Crippen molar-refractivity contribution in [2.75, 3.05) is 20.4 Å². The van der Waals surface area contributed by atoms with Crippen LogP contribution in [0.1, 0.15) is 28.4 Å². The van der Waals surface area contributed by atoms with E-state index in [4.69, 9.17) is 14.2 Å². The lowest BCUT2D eigenvalue weighted by Crippen LogP contribution is -2.34. The van der Waals surface area contributed by atoms with Gasteiger partial charge in [-0.05, 0) is 35.4 Å². The van der Waals surface area contributed by atoms with Crippen molar-refractivity contribution in [3.05, 3.63) is 52.6 Å². The minimum Gasteiger partial charge on any atom is -0.496 e. The molecule has 1 unspecified atom stereocenters. The monoisotopic (exact) mass is 323 g/mol. The number of ether oxygens (including phenoxy) is 3. The van der Waals surface area contributed by atoms with Crippen LogP contribution in [0.25, 0.3) is 11.8 Å². The summed E-state index contributed by atoms with van der Waals surface area (Å²) < 4.78 is 16.5. The van der Waals surface area contributed by atoms with E-state index in [1.807, 2.05) is 24.3 Å². The zero-order valence-electron chi connectivity index (χ0n) is 13.3. The highest BCUT2D eigenvalue weighted by Crippen LogP contribution is 2.46. The number of hydrogen-bond donors (Lipinski definition) is 1. The third-order valence-corrected chi connectivity index (χ3v) is 4.94. The summed E-state index contributed by atoms with van der Waals surface area (Å²) in [5.74, 6) is 2.33. The summed E-state index contributed by atoms with van der Waals surface area (Å²) in [5, 5.41) is 10.6. The Labute approximate surface area is 139 Å². The molecule has 5 nitrogen and oxygen atoms in total. The molecule has 2 aromatic carbocycles. The van der Waals surface area contributed by atoms with E-state index < -0.39 is 6.10 Å². The molecule has 0 saturated heterocycles. The van der Waals surface area contributed by atoms with Crippen LogP contribution < -0.4 is 14.2 Å². The fourth-order valence-corrected chi connectivity index (χ4v) is 3.77. The lowest BCUT2D eigenvalue weighted by molar-refractivity contribution is 0.128. The largest absolute Gasteiger partial charge is 0.496 e. The topological polar surface area (TPSA) is 51.2 Å². The molecule has 0 radical (unpaired) electrons. The van der Waals surface area contributed by atoms with E-state index in [-0.39, 0.29) is 6.79 Å². The van der Waals surface area contributed by atoms with Crippen molar-refractivity contribution in [1.29, 1.82) is 0 Å². The Kier molecular flexibility index (Phi) is 2.82. The van der Waals surface area contributed by atoms with Gasteiger partial charge in [-0.25, -0.2) is 0 Å². The summed E-state index contributed by atoms with van der Waals surface area (Å²) in [6, 6.07) is 9.96. The maximum atomic E-state index is 10.6. The van der Waals surface area contributed by atoms with Gasteiger partial charge < -0.3 is 24.2 Å². The Balaban J connectivity index is 1.70.